The molecule has 36 heavy (non-hydrogen) atoms. The Bertz CT molecular complexity index is 1070. The van der Waals surface area contributed by atoms with Crippen molar-refractivity contribution in [3.05, 3.63) is 54.0 Å². The summed E-state index contributed by atoms with van der Waals surface area (Å²) in [5.74, 6) is -1.06. The molecule has 0 spiro atoms. The number of carboxylic acid groups (broad SMARTS) is 1. The van der Waals surface area contributed by atoms with Crippen molar-refractivity contribution in [1.82, 2.24) is 5.32 Å². The zero-order chi connectivity index (χ0) is 25.8. The first-order chi connectivity index (χ1) is 17.3. The van der Waals surface area contributed by atoms with Gasteiger partial charge < -0.3 is 38.5 Å². The number of Topliss-reactive ketones (excluding diaryl/α,β-unsaturated/α-hetero) is 1. The number of furan rings is 1. The highest BCUT2D eigenvalue weighted by Crippen LogP contribution is 2.37. The number of carboxylic acids is 1. The Morgan fingerprint density at radius 3 is 2.61 bits per heavy atom. The number of aliphatic carboxylic acids is 1. The highest BCUT2D eigenvalue weighted by Gasteiger charge is 2.53. The third-order valence-corrected chi connectivity index (χ3v) is 5.95. The Morgan fingerprint density at radius 1 is 1.17 bits per heavy atom. The number of carbonyl (C=O) groups is 3. The van der Waals surface area contributed by atoms with E-state index in [0.29, 0.717) is 11.3 Å². The van der Waals surface area contributed by atoms with Gasteiger partial charge in [0.1, 0.15) is 30.1 Å². The van der Waals surface area contributed by atoms with Gasteiger partial charge in [-0.1, -0.05) is 19.1 Å². The predicted octanol–water partition coefficient (Wildman–Crippen LogP) is 2.45. The van der Waals surface area contributed by atoms with Crippen molar-refractivity contribution in [1.29, 1.82) is 0 Å². The summed E-state index contributed by atoms with van der Waals surface area (Å²) in [6.07, 6.45) is -4.07. The molecule has 4 rings (SSSR count). The van der Waals surface area contributed by atoms with Crippen molar-refractivity contribution in [2.24, 2.45) is 0 Å². The van der Waals surface area contributed by atoms with Gasteiger partial charge in [-0.3, -0.25) is 9.59 Å². The fourth-order valence-electron chi connectivity index (χ4n) is 4.20. The minimum Gasteiger partial charge on any atom is -0.479 e. The van der Waals surface area contributed by atoms with Crippen molar-refractivity contribution >= 4 is 17.7 Å². The average Bonchev–Trinajstić information content (AvgIpc) is 3.40. The highest BCUT2D eigenvalue weighted by atomic mass is 16.8. The summed E-state index contributed by atoms with van der Waals surface area (Å²) < 4.78 is 35.5. The molecule has 194 valence electrons. The van der Waals surface area contributed by atoms with Crippen LogP contribution >= 0.6 is 0 Å². The fraction of sp³-hybridized carbons (Fsp3) is 0.480. The summed E-state index contributed by atoms with van der Waals surface area (Å²) in [5, 5.41) is 12.3. The van der Waals surface area contributed by atoms with Crippen molar-refractivity contribution in [3.8, 4) is 5.75 Å². The monoisotopic (exact) mass is 503 g/mol. The van der Waals surface area contributed by atoms with Gasteiger partial charge in [0.2, 0.25) is 18.5 Å². The third kappa shape index (κ3) is 5.59. The number of rotatable bonds is 9. The van der Waals surface area contributed by atoms with Crippen LogP contribution in [0.4, 0.5) is 0 Å². The molecule has 2 fully saturated rings. The molecule has 7 atom stereocenters. The quantitative estimate of drug-likeness (QED) is 0.490. The first-order valence-corrected chi connectivity index (χ1v) is 11.7. The fourth-order valence-corrected chi connectivity index (χ4v) is 4.20. The number of hydrogen-bond acceptors (Lipinski definition) is 9. The zero-order valence-corrected chi connectivity index (χ0v) is 20.1. The van der Waals surface area contributed by atoms with Crippen LogP contribution < -0.4 is 10.1 Å². The lowest BCUT2D eigenvalue weighted by Crippen LogP contribution is -2.68. The molecule has 11 nitrogen and oxygen atoms in total. The van der Waals surface area contributed by atoms with Crippen LogP contribution in [-0.2, 0) is 28.5 Å². The minimum absolute atomic E-state index is 0.0551. The maximum Gasteiger partial charge on any atom is 0.332 e. The van der Waals surface area contributed by atoms with Crippen LogP contribution in [0.2, 0.25) is 0 Å². The molecule has 2 aliphatic rings. The molecule has 1 amide bonds. The number of amides is 1. The van der Waals surface area contributed by atoms with E-state index in [1.165, 1.54) is 20.1 Å². The molecular formula is C25H29NO10. The average molecular weight is 504 g/mol. The molecule has 2 N–H and O–H groups in total. The molecule has 0 aliphatic carbocycles. The molecule has 7 unspecified atom stereocenters. The van der Waals surface area contributed by atoms with Crippen LogP contribution in [0.1, 0.15) is 49.6 Å². The number of fused-ring (bicyclic) bond motifs is 1. The maximum atomic E-state index is 12.5. The lowest BCUT2D eigenvalue weighted by Gasteiger charge is -2.49. The Morgan fingerprint density at radius 2 is 1.94 bits per heavy atom. The predicted molar refractivity (Wildman–Crippen MR) is 122 cm³/mol. The van der Waals surface area contributed by atoms with E-state index in [1.807, 2.05) is 0 Å². The molecule has 3 heterocycles. The second-order valence-electron chi connectivity index (χ2n) is 8.52. The van der Waals surface area contributed by atoms with E-state index in [-0.39, 0.29) is 24.6 Å². The Kier molecular flexibility index (Phi) is 8.04. The second kappa shape index (κ2) is 11.2. The molecule has 2 saturated heterocycles. The minimum atomic E-state index is -1.23. The lowest BCUT2D eigenvalue weighted by molar-refractivity contribution is -0.343. The molecular weight excluding hydrogens is 474 g/mol. The van der Waals surface area contributed by atoms with Crippen LogP contribution in [0, 0.1) is 0 Å². The van der Waals surface area contributed by atoms with Gasteiger partial charge in [-0.25, -0.2) is 4.79 Å². The van der Waals surface area contributed by atoms with E-state index in [9.17, 15) is 19.5 Å². The van der Waals surface area contributed by atoms with Gasteiger partial charge in [0.15, 0.2) is 17.6 Å². The summed E-state index contributed by atoms with van der Waals surface area (Å²) in [7, 11) is 0. The van der Waals surface area contributed by atoms with E-state index >= 15 is 0 Å². The summed E-state index contributed by atoms with van der Waals surface area (Å²) in [6.45, 7) is 4.49. The van der Waals surface area contributed by atoms with Gasteiger partial charge in [0.05, 0.1) is 18.4 Å². The normalized spacial score (nSPS) is 28.5. The topological polar surface area (TPSA) is 143 Å². The van der Waals surface area contributed by atoms with Gasteiger partial charge in [-0.2, -0.15) is 0 Å². The molecule has 1 aromatic carbocycles. The van der Waals surface area contributed by atoms with Gasteiger partial charge in [0.25, 0.3) is 0 Å². The van der Waals surface area contributed by atoms with Gasteiger partial charge in [-0.15, -0.1) is 0 Å². The number of benzene rings is 1. The summed E-state index contributed by atoms with van der Waals surface area (Å²) in [5.41, 5.74) is 0.359. The Labute approximate surface area is 207 Å². The van der Waals surface area contributed by atoms with E-state index in [4.69, 9.17) is 28.1 Å². The molecule has 0 saturated carbocycles. The first kappa shape index (κ1) is 25.8. The lowest BCUT2D eigenvalue weighted by atomic mass is 9.95. The molecule has 0 radical (unpaired) electrons. The first-order valence-electron chi connectivity index (χ1n) is 11.7. The van der Waals surface area contributed by atoms with Gasteiger partial charge in [0, 0.05) is 13.3 Å². The number of ketones is 1. The highest BCUT2D eigenvalue weighted by molar-refractivity contribution is 5.98. The maximum absolute atomic E-state index is 12.5. The number of hydrogen-bond donors (Lipinski definition) is 2. The van der Waals surface area contributed by atoms with E-state index in [1.54, 1.807) is 43.3 Å². The van der Waals surface area contributed by atoms with Crippen molar-refractivity contribution in [3.63, 3.8) is 0 Å². The van der Waals surface area contributed by atoms with Gasteiger partial charge >= 0.3 is 5.97 Å². The molecule has 0 bridgehead atoms. The van der Waals surface area contributed by atoms with E-state index < -0.39 is 54.9 Å². The summed E-state index contributed by atoms with van der Waals surface area (Å²) in [6, 6.07) is 9.08. The zero-order valence-electron chi connectivity index (χ0n) is 20.1. The van der Waals surface area contributed by atoms with Crippen LogP contribution in [0.25, 0.3) is 0 Å². The number of carbonyl (C=O) groups excluding carboxylic acids is 2. The van der Waals surface area contributed by atoms with Crippen molar-refractivity contribution in [2.75, 3.05) is 6.61 Å². The number of para-hydroxylation sites is 1. The Hall–Kier alpha value is -3.25. The van der Waals surface area contributed by atoms with Crippen LogP contribution in [0.3, 0.4) is 0 Å². The van der Waals surface area contributed by atoms with E-state index in [0.717, 1.165) is 0 Å². The molecule has 1 aromatic heterocycles. The third-order valence-electron chi connectivity index (χ3n) is 5.95. The smallest absolute Gasteiger partial charge is 0.332 e. The van der Waals surface area contributed by atoms with Crippen molar-refractivity contribution < 1.29 is 47.6 Å². The largest absolute Gasteiger partial charge is 0.479 e. The second-order valence-corrected chi connectivity index (χ2v) is 8.52. The van der Waals surface area contributed by atoms with Gasteiger partial charge in [-0.05, 0) is 31.2 Å². The van der Waals surface area contributed by atoms with Crippen molar-refractivity contribution in [2.45, 2.75) is 70.2 Å². The summed E-state index contributed by atoms with van der Waals surface area (Å²) in [4.78, 5) is 36.3. The molecule has 2 aromatic rings. The molecule has 2 aliphatic heterocycles. The standard InChI is InChI=1S/C25H29NO10/c1-4-16(28)15-8-5-6-9-17(15)34-25-20(26-14(3)27)22(33-13(2)23(29)30)21-19(35-25)12-32-24(36-21)18-10-7-11-31-18/h5-11,13,19-22,24-25H,4,12H2,1-3H3,(H,26,27)(H,29,30). The van der Waals surface area contributed by atoms with Crippen LogP contribution in [0.15, 0.2) is 47.1 Å². The molecule has 11 heteroatoms. The van der Waals surface area contributed by atoms with Crippen LogP contribution in [0.5, 0.6) is 5.75 Å². The van der Waals surface area contributed by atoms with E-state index in [2.05, 4.69) is 5.32 Å². The summed E-state index contributed by atoms with van der Waals surface area (Å²) >= 11 is 0. The Balaban J connectivity index is 1.68. The number of ether oxygens (including phenoxy) is 5. The SMILES string of the molecule is CCC(=O)c1ccccc1OC1OC2COC(c3ccco3)OC2C(OC(C)C(=O)O)C1NC(C)=O. The number of nitrogens with one attached hydrogen (secondary N) is 1. The van der Waals surface area contributed by atoms with Crippen LogP contribution in [-0.4, -0.2) is 66.1 Å².